The van der Waals surface area contributed by atoms with Crippen LogP contribution in [0.15, 0.2) is 42.7 Å². The minimum absolute atomic E-state index is 0.0652. The number of carbonyl (C=O) groups is 1. The van der Waals surface area contributed by atoms with Crippen molar-refractivity contribution in [2.24, 2.45) is 5.92 Å². The number of rotatable bonds is 4. The molecule has 1 aliphatic carbocycles. The molecule has 2 fully saturated rings. The molecule has 1 saturated heterocycles. The molecule has 142 valence electrons. The average Bonchev–Trinajstić information content (AvgIpc) is 3.44. The van der Waals surface area contributed by atoms with Crippen molar-refractivity contribution in [2.75, 3.05) is 23.3 Å². The zero-order valence-corrected chi connectivity index (χ0v) is 16.2. The van der Waals surface area contributed by atoms with Gasteiger partial charge in [0, 0.05) is 36.8 Å². The van der Waals surface area contributed by atoms with Gasteiger partial charge in [-0.15, -0.1) is 0 Å². The Morgan fingerprint density at radius 1 is 1.07 bits per heavy atom. The number of hydrogen-bond acceptors (Lipinski definition) is 4. The molecule has 0 atom stereocenters. The van der Waals surface area contributed by atoms with Gasteiger partial charge in [-0.1, -0.05) is 17.7 Å². The van der Waals surface area contributed by atoms with Crippen LogP contribution >= 0.6 is 11.6 Å². The molecule has 2 aliphatic rings. The van der Waals surface area contributed by atoms with Gasteiger partial charge >= 0.3 is 0 Å². The first-order chi connectivity index (χ1) is 13.7. The molecule has 5 rings (SSSR count). The number of hydrogen-bond donors (Lipinski definition) is 1. The van der Waals surface area contributed by atoms with Crippen LogP contribution in [0.3, 0.4) is 0 Å². The van der Waals surface area contributed by atoms with Gasteiger partial charge in [0.05, 0.1) is 16.2 Å². The summed E-state index contributed by atoms with van der Waals surface area (Å²) in [6.07, 6.45) is 7.81. The van der Waals surface area contributed by atoms with E-state index >= 15 is 0 Å². The molecule has 3 heterocycles. The van der Waals surface area contributed by atoms with Crippen molar-refractivity contribution in [1.82, 2.24) is 9.97 Å². The molecular formula is C22H21ClN4O. The molecule has 1 N–H and O–H groups in total. The van der Waals surface area contributed by atoms with Gasteiger partial charge in [0.25, 0.3) is 0 Å². The van der Waals surface area contributed by atoms with E-state index in [-0.39, 0.29) is 11.8 Å². The molecule has 1 aromatic carbocycles. The molecule has 0 radical (unpaired) electrons. The second-order valence-corrected chi connectivity index (χ2v) is 7.98. The zero-order valence-electron chi connectivity index (χ0n) is 15.5. The van der Waals surface area contributed by atoms with Gasteiger partial charge < -0.3 is 10.2 Å². The first-order valence-corrected chi connectivity index (χ1v) is 10.2. The van der Waals surface area contributed by atoms with E-state index in [9.17, 15) is 4.79 Å². The third-order valence-corrected chi connectivity index (χ3v) is 5.79. The van der Waals surface area contributed by atoms with Crippen molar-refractivity contribution in [3.05, 3.63) is 47.7 Å². The maximum Gasteiger partial charge on any atom is 0.228 e. The molecule has 5 nitrogen and oxygen atoms in total. The lowest BCUT2D eigenvalue weighted by atomic mass is 10.0. The predicted molar refractivity (Wildman–Crippen MR) is 113 cm³/mol. The number of nitrogens with one attached hydrogen (secondary N) is 1. The topological polar surface area (TPSA) is 58.1 Å². The highest BCUT2D eigenvalue weighted by Crippen LogP contribution is 2.37. The number of nitrogens with zero attached hydrogens (tertiary/aromatic N) is 3. The molecule has 1 amide bonds. The maximum atomic E-state index is 12.0. The fourth-order valence-electron chi connectivity index (χ4n) is 3.85. The Balaban J connectivity index is 1.54. The fourth-order valence-corrected chi connectivity index (χ4v) is 4.12. The molecular weight excluding hydrogens is 372 g/mol. The third kappa shape index (κ3) is 3.31. The smallest absolute Gasteiger partial charge is 0.228 e. The highest BCUT2D eigenvalue weighted by molar-refractivity contribution is 6.34. The highest BCUT2D eigenvalue weighted by Gasteiger charge is 2.29. The minimum atomic E-state index is 0.0652. The van der Waals surface area contributed by atoms with Crippen molar-refractivity contribution in [2.45, 2.75) is 25.7 Å². The average molecular weight is 393 g/mol. The summed E-state index contributed by atoms with van der Waals surface area (Å²) in [5, 5.41) is 4.68. The highest BCUT2D eigenvalue weighted by atomic mass is 35.5. The summed E-state index contributed by atoms with van der Waals surface area (Å²) >= 11 is 6.54. The van der Waals surface area contributed by atoms with Gasteiger partial charge in [-0.3, -0.25) is 9.78 Å². The van der Waals surface area contributed by atoms with E-state index in [0.29, 0.717) is 10.8 Å². The summed E-state index contributed by atoms with van der Waals surface area (Å²) in [6.45, 7) is 2.05. The maximum absolute atomic E-state index is 12.0. The minimum Gasteiger partial charge on any atom is -0.370 e. The number of halogens is 1. The number of anilines is 2. The van der Waals surface area contributed by atoms with Crippen molar-refractivity contribution in [1.29, 1.82) is 0 Å². The second-order valence-electron chi connectivity index (χ2n) is 7.57. The van der Waals surface area contributed by atoms with Crippen LogP contribution in [0.2, 0.25) is 5.02 Å². The standard InChI is InChI=1S/C22H21ClN4O/c23-18-13-25-19-6-5-15(11-17(19)21(18)27-9-1-2-10-27)16-7-8-24-20(12-16)26-22(28)14-3-4-14/h5-8,11-14H,1-4,9-10H2,(H,24,26,28). The summed E-state index contributed by atoms with van der Waals surface area (Å²) < 4.78 is 0. The van der Waals surface area contributed by atoms with Gasteiger partial charge in [0.2, 0.25) is 5.91 Å². The summed E-state index contributed by atoms with van der Waals surface area (Å²) in [7, 11) is 0. The fraction of sp³-hybridized carbons (Fsp3) is 0.318. The normalized spacial score (nSPS) is 16.5. The van der Waals surface area contributed by atoms with Crippen LogP contribution in [0.1, 0.15) is 25.7 Å². The Kier molecular flexibility index (Phi) is 4.40. The van der Waals surface area contributed by atoms with E-state index < -0.39 is 0 Å². The molecule has 1 saturated carbocycles. The van der Waals surface area contributed by atoms with Crippen LogP contribution in [-0.4, -0.2) is 29.0 Å². The van der Waals surface area contributed by atoms with Crippen LogP contribution in [-0.2, 0) is 4.79 Å². The Morgan fingerprint density at radius 3 is 2.64 bits per heavy atom. The summed E-state index contributed by atoms with van der Waals surface area (Å²) in [5.74, 6) is 0.816. The van der Waals surface area contributed by atoms with Gasteiger partial charge in [-0.25, -0.2) is 4.98 Å². The van der Waals surface area contributed by atoms with E-state index in [4.69, 9.17) is 11.6 Å². The second kappa shape index (κ2) is 7.06. The van der Waals surface area contributed by atoms with Crippen LogP contribution in [0, 0.1) is 5.92 Å². The van der Waals surface area contributed by atoms with Crippen molar-refractivity contribution < 1.29 is 4.79 Å². The number of benzene rings is 1. The summed E-state index contributed by atoms with van der Waals surface area (Å²) in [4.78, 5) is 23.2. The zero-order chi connectivity index (χ0) is 19.1. The van der Waals surface area contributed by atoms with Crippen LogP contribution in [0.5, 0.6) is 0 Å². The van der Waals surface area contributed by atoms with E-state index in [0.717, 1.165) is 53.6 Å². The van der Waals surface area contributed by atoms with Gasteiger partial charge in [0.15, 0.2) is 0 Å². The molecule has 6 heteroatoms. The van der Waals surface area contributed by atoms with Crippen LogP contribution in [0.4, 0.5) is 11.5 Å². The predicted octanol–water partition coefficient (Wildman–Crippen LogP) is 4.90. The number of pyridine rings is 2. The Bertz CT molecular complexity index is 1060. The molecule has 0 spiro atoms. The molecule has 28 heavy (non-hydrogen) atoms. The van der Waals surface area contributed by atoms with Crippen molar-refractivity contribution in [3.63, 3.8) is 0 Å². The molecule has 0 bridgehead atoms. The van der Waals surface area contributed by atoms with Gasteiger partial charge in [0.1, 0.15) is 5.82 Å². The van der Waals surface area contributed by atoms with Gasteiger partial charge in [-0.2, -0.15) is 0 Å². The Morgan fingerprint density at radius 2 is 1.86 bits per heavy atom. The molecule has 0 unspecified atom stereocenters. The lowest BCUT2D eigenvalue weighted by Gasteiger charge is -2.21. The lowest BCUT2D eigenvalue weighted by molar-refractivity contribution is -0.117. The molecule has 3 aromatic rings. The number of amides is 1. The molecule has 1 aliphatic heterocycles. The van der Waals surface area contributed by atoms with Crippen molar-refractivity contribution in [3.8, 4) is 11.1 Å². The SMILES string of the molecule is O=C(Nc1cc(-c2ccc3ncc(Cl)c(N4CCCC4)c3c2)ccn1)C1CC1. The van der Waals surface area contributed by atoms with Gasteiger partial charge in [-0.05, 0) is 61.1 Å². The summed E-state index contributed by atoms with van der Waals surface area (Å²) in [6, 6.07) is 10.1. The number of carbonyl (C=O) groups excluding carboxylic acids is 1. The Hall–Kier alpha value is -2.66. The largest absolute Gasteiger partial charge is 0.370 e. The Labute approximate surface area is 168 Å². The monoisotopic (exact) mass is 392 g/mol. The first-order valence-electron chi connectivity index (χ1n) is 9.79. The van der Waals surface area contributed by atoms with E-state index in [1.807, 2.05) is 18.2 Å². The third-order valence-electron chi connectivity index (χ3n) is 5.51. The van der Waals surface area contributed by atoms with Crippen LogP contribution < -0.4 is 10.2 Å². The first kappa shape index (κ1) is 17.4. The number of aromatic nitrogens is 2. The van der Waals surface area contributed by atoms with Crippen molar-refractivity contribution >= 4 is 39.9 Å². The molecule has 2 aromatic heterocycles. The van der Waals surface area contributed by atoms with E-state index in [2.05, 4.69) is 32.3 Å². The lowest BCUT2D eigenvalue weighted by Crippen LogP contribution is -2.18. The number of fused-ring (bicyclic) bond motifs is 1. The van der Waals surface area contributed by atoms with E-state index in [1.165, 1.54) is 12.8 Å². The quantitative estimate of drug-likeness (QED) is 0.686. The van der Waals surface area contributed by atoms with Crippen LogP contribution in [0.25, 0.3) is 22.0 Å². The summed E-state index contributed by atoms with van der Waals surface area (Å²) in [5.41, 5.74) is 4.07. The van der Waals surface area contributed by atoms with E-state index in [1.54, 1.807) is 12.4 Å².